The summed E-state index contributed by atoms with van der Waals surface area (Å²) in [4.78, 5) is 32.4. The van der Waals surface area contributed by atoms with Gasteiger partial charge in [-0.3, -0.25) is 14.9 Å². The molecular weight excluding hydrogens is 582 g/mol. The van der Waals surface area contributed by atoms with E-state index in [1.54, 1.807) is 30.3 Å². The summed E-state index contributed by atoms with van der Waals surface area (Å²) in [7, 11) is 0. The highest BCUT2D eigenvalue weighted by Crippen LogP contribution is 2.28. The zero-order valence-electron chi connectivity index (χ0n) is 18.9. The van der Waals surface area contributed by atoms with Gasteiger partial charge in [-0.2, -0.15) is 9.78 Å². The van der Waals surface area contributed by atoms with Crippen LogP contribution in [0.4, 0.5) is 5.69 Å². The molecule has 0 saturated heterocycles. The third-order valence-electron chi connectivity index (χ3n) is 4.91. The minimum atomic E-state index is -0.533. The fourth-order valence-electron chi connectivity index (χ4n) is 3.23. The Labute approximate surface area is 216 Å². The van der Waals surface area contributed by atoms with E-state index < -0.39 is 10.3 Å². The Hall–Kier alpha value is -3.44. The summed E-state index contributed by atoms with van der Waals surface area (Å²) in [5.74, 6) is 1.08. The Morgan fingerprint density at radius 2 is 1.80 bits per heavy atom. The molecule has 0 unspecified atom stereocenters. The molecule has 0 atom stereocenters. The lowest BCUT2D eigenvalue weighted by Gasteiger charge is -2.21. The van der Waals surface area contributed by atoms with Gasteiger partial charge in [-0.15, -0.1) is 0 Å². The van der Waals surface area contributed by atoms with E-state index in [9.17, 15) is 14.9 Å². The second kappa shape index (κ2) is 9.67. The van der Waals surface area contributed by atoms with Crippen molar-refractivity contribution in [1.82, 2.24) is 14.6 Å². The number of nitro groups is 1. The fraction of sp³-hybridized carbons (Fsp3) is 0.167. The second-order valence-corrected chi connectivity index (χ2v) is 10.4. The van der Waals surface area contributed by atoms with Gasteiger partial charge >= 0.3 is 0 Å². The highest BCUT2D eigenvalue weighted by atomic mass is 79.9. The van der Waals surface area contributed by atoms with Crippen LogP contribution in [-0.4, -0.2) is 25.8 Å². The van der Waals surface area contributed by atoms with E-state index in [0.717, 1.165) is 15.1 Å². The van der Waals surface area contributed by atoms with Crippen molar-refractivity contribution in [3.8, 4) is 11.6 Å². The number of aromatic nitrogens is 3. The van der Waals surface area contributed by atoms with Crippen LogP contribution >= 0.6 is 31.9 Å². The number of hydrogen-bond acceptors (Lipinski definition) is 7. The Morgan fingerprint density at radius 3 is 2.46 bits per heavy atom. The molecule has 0 aliphatic rings. The quantitative estimate of drug-likeness (QED) is 0.153. The van der Waals surface area contributed by atoms with Crippen molar-refractivity contribution in [2.75, 3.05) is 0 Å². The molecule has 4 aromatic rings. The van der Waals surface area contributed by atoms with Crippen LogP contribution in [-0.2, 0) is 5.41 Å². The molecule has 178 valence electrons. The van der Waals surface area contributed by atoms with Crippen LogP contribution in [0.15, 0.2) is 73.6 Å². The summed E-state index contributed by atoms with van der Waals surface area (Å²) in [6.45, 7) is 5.87. The van der Waals surface area contributed by atoms with E-state index in [1.165, 1.54) is 23.0 Å². The molecule has 0 aliphatic carbocycles. The topological polar surface area (TPSA) is 113 Å². The Kier molecular flexibility index (Phi) is 6.82. The lowest BCUT2D eigenvalue weighted by Crippen LogP contribution is -2.29. The number of fused-ring (bicyclic) bond motifs is 1. The van der Waals surface area contributed by atoms with E-state index >= 15 is 0 Å². The summed E-state index contributed by atoms with van der Waals surface area (Å²) in [6.07, 6.45) is 2.63. The van der Waals surface area contributed by atoms with Crippen molar-refractivity contribution in [1.29, 1.82) is 0 Å². The molecule has 11 heteroatoms. The van der Waals surface area contributed by atoms with Crippen molar-refractivity contribution < 1.29 is 9.66 Å². The number of hydrogen-bond donors (Lipinski definition) is 0. The smallest absolute Gasteiger partial charge is 0.287 e. The molecule has 0 radical (unpaired) electrons. The number of benzene rings is 2. The predicted molar refractivity (Wildman–Crippen MR) is 141 cm³/mol. The minimum absolute atomic E-state index is 0.139. The molecule has 0 saturated carbocycles. The molecule has 9 nitrogen and oxygen atoms in total. The maximum absolute atomic E-state index is 13.4. The normalized spacial score (nSPS) is 11.8. The zero-order valence-corrected chi connectivity index (χ0v) is 22.1. The van der Waals surface area contributed by atoms with E-state index in [-0.39, 0.29) is 17.1 Å². The van der Waals surface area contributed by atoms with Gasteiger partial charge in [0.25, 0.3) is 11.2 Å². The Morgan fingerprint density at radius 1 is 1.09 bits per heavy atom. The number of rotatable bonds is 5. The molecule has 0 fully saturated rings. The molecule has 2 heterocycles. The fourth-order valence-corrected chi connectivity index (χ4v) is 3.97. The average Bonchev–Trinajstić information content (AvgIpc) is 2.80. The number of pyridine rings is 1. The van der Waals surface area contributed by atoms with Gasteiger partial charge in [0.15, 0.2) is 0 Å². The molecule has 0 N–H and O–H groups in total. The van der Waals surface area contributed by atoms with Crippen molar-refractivity contribution >= 4 is 54.7 Å². The van der Waals surface area contributed by atoms with Crippen LogP contribution in [0.2, 0.25) is 0 Å². The number of halogens is 2. The average molecular weight is 601 g/mol. The third-order valence-corrected chi connectivity index (χ3v) is 5.90. The van der Waals surface area contributed by atoms with E-state index in [4.69, 9.17) is 9.72 Å². The zero-order chi connectivity index (χ0) is 25.3. The second-order valence-electron chi connectivity index (χ2n) is 8.60. The van der Waals surface area contributed by atoms with Gasteiger partial charge in [0.2, 0.25) is 5.88 Å². The highest BCUT2D eigenvalue weighted by Gasteiger charge is 2.23. The first kappa shape index (κ1) is 24.7. The van der Waals surface area contributed by atoms with Crippen molar-refractivity contribution in [2.24, 2.45) is 5.10 Å². The maximum Gasteiger partial charge on any atom is 0.287 e. The molecule has 4 rings (SSSR count). The van der Waals surface area contributed by atoms with Crippen molar-refractivity contribution in [2.45, 2.75) is 26.2 Å². The summed E-state index contributed by atoms with van der Waals surface area (Å²) in [6, 6.07) is 13.3. The lowest BCUT2D eigenvalue weighted by atomic mass is 9.95. The Bertz CT molecular complexity index is 1530. The van der Waals surface area contributed by atoms with Crippen LogP contribution in [0, 0.1) is 10.1 Å². The summed E-state index contributed by atoms with van der Waals surface area (Å²) in [5.41, 5.74) is 0.245. The van der Waals surface area contributed by atoms with Gasteiger partial charge in [-0.25, -0.2) is 9.97 Å². The van der Waals surface area contributed by atoms with Gasteiger partial charge < -0.3 is 4.74 Å². The van der Waals surface area contributed by atoms with Crippen LogP contribution in [0.3, 0.4) is 0 Å². The number of nitrogens with zero attached hydrogens (tertiary/aromatic N) is 5. The summed E-state index contributed by atoms with van der Waals surface area (Å²) < 4.78 is 8.68. The summed E-state index contributed by atoms with van der Waals surface area (Å²) in [5, 5.41) is 15.8. The molecular formula is C24H19Br2N5O4. The summed E-state index contributed by atoms with van der Waals surface area (Å²) >= 11 is 6.85. The van der Waals surface area contributed by atoms with Gasteiger partial charge in [0.05, 0.1) is 22.0 Å². The van der Waals surface area contributed by atoms with Gasteiger partial charge in [-0.05, 0) is 36.4 Å². The van der Waals surface area contributed by atoms with Crippen LogP contribution in [0.25, 0.3) is 10.9 Å². The van der Waals surface area contributed by atoms with Crippen molar-refractivity contribution in [3.63, 3.8) is 0 Å². The first-order valence-electron chi connectivity index (χ1n) is 10.4. The molecule has 0 amide bonds. The SMILES string of the molecule is CC(C)(C)c1nc2ccc(Br)cc2c(=O)n1N=Cc1cc(Br)ccc1Oc1ccc([N+](=O)[O-])cn1. The largest absolute Gasteiger partial charge is 0.438 e. The van der Waals surface area contributed by atoms with Crippen LogP contribution in [0.5, 0.6) is 11.6 Å². The highest BCUT2D eigenvalue weighted by molar-refractivity contribution is 9.10. The van der Waals surface area contributed by atoms with Gasteiger partial charge in [0.1, 0.15) is 17.8 Å². The molecule has 0 spiro atoms. The van der Waals surface area contributed by atoms with Gasteiger partial charge in [0, 0.05) is 32.1 Å². The lowest BCUT2D eigenvalue weighted by molar-refractivity contribution is -0.385. The first-order valence-corrected chi connectivity index (χ1v) is 12.0. The molecule has 0 bridgehead atoms. The van der Waals surface area contributed by atoms with E-state index in [2.05, 4.69) is 41.9 Å². The monoisotopic (exact) mass is 599 g/mol. The van der Waals surface area contributed by atoms with Crippen LogP contribution < -0.4 is 10.3 Å². The third kappa shape index (κ3) is 5.46. The Balaban J connectivity index is 1.79. The molecule has 35 heavy (non-hydrogen) atoms. The van der Waals surface area contributed by atoms with Crippen molar-refractivity contribution in [3.05, 3.63) is 95.5 Å². The molecule has 2 aromatic carbocycles. The predicted octanol–water partition coefficient (Wildman–Crippen LogP) is 6.20. The van der Waals surface area contributed by atoms with E-state index in [1.807, 2.05) is 26.8 Å². The standard InChI is InChI=1S/C24H19Br2N5O4/c1-24(2,3)23-29-19-7-4-16(26)11-18(19)22(32)30(23)28-12-14-10-15(25)5-8-20(14)35-21-9-6-17(13-27-21)31(33)34/h4-13H,1-3H3. The minimum Gasteiger partial charge on any atom is -0.438 e. The van der Waals surface area contributed by atoms with E-state index in [0.29, 0.717) is 28.0 Å². The molecule has 2 aromatic heterocycles. The van der Waals surface area contributed by atoms with Crippen LogP contribution in [0.1, 0.15) is 32.2 Å². The maximum atomic E-state index is 13.4. The number of ether oxygens (including phenoxy) is 1. The first-order chi connectivity index (χ1) is 16.5. The van der Waals surface area contributed by atoms with Gasteiger partial charge in [-0.1, -0.05) is 52.6 Å². The molecule has 0 aliphatic heterocycles.